The zero-order chi connectivity index (χ0) is 21.5. The number of hydrogen-bond acceptors (Lipinski definition) is 3. The van der Waals surface area contributed by atoms with Gasteiger partial charge in [0.15, 0.2) is 5.78 Å². The Bertz CT molecular complexity index is 1200. The molecule has 0 aliphatic heterocycles. The molecule has 0 spiro atoms. The summed E-state index contributed by atoms with van der Waals surface area (Å²) in [6.45, 7) is 3.94. The Balaban J connectivity index is 1.90. The summed E-state index contributed by atoms with van der Waals surface area (Å²) >= 11 is 5.92. The molecule has 1 aliphatic rings. The normalized spacial score (nSPS) is 14.8. The molecular formula is C24H21ClN2O3. The summed E-state index contributed by atoms with van der Waals surface area (Å²) in [5.74, 6) is -0.596. The van der Waals surface area contributed by atoms with E-state index in [2.05, 4.69) is 5.32 Å². The molecular weight excluding hydrogens is 400 g/mol. The molecule has 1 aliphatic carbocycles. The lowest BCUT2D eigenvalue weighted by molar-refractivity contribution is 0.0910. The Kier molecular flexibility index (Phi) is 5.08. The van der Waals surface area contributed by atoms with Gasteiger partial charge in [-0.1, -0.05) is 43.6 Å². The summed E-state index contributed by atoms with van der Waals surface area (Å²) in [5.41, 5.74) is 1.30. The fourth-order valence-electron chi connectivity index (χ4n) is 3.89. The highest BCUT2D eigenvalue weighted by Gasteiger charge is 2.36. The summed E-state index contributed by atoms with van der Waals surface area (Å²) in [6.07, 6.45) is 2.41. The quantitative estimate of drug-likeness (QED) is 0.655. The predicted octanol–water partition coefficient (Wildman–Crippen LogP) is 4.90. The van der Waals surface area contributed by atoms with Gasteiger partial charge in [0.1, 0.15) is 5.56 Å². The number of pyridine rings is 1. The van der Waals surface area contributed by atoms with Crippen molar-refractivity contribution in [1.29, 1.82) is 0 Å². The number of hydrogen-bond donors (Lipinski definition) is 1. The van der Waals surface area contributed by atoms with E-state index < -0.39 is 11.5 Å². The molecule has 1 amide bonds. The number of ketones is 1. The van der Waals surface area contributed by atoms with Gasteiger partial charge in [0.25, 0.3) is 11.5 Å². The van der Waals surface area contributed by atoms with Crippen LogP contribution in [0.1, 0.15) is 46.5 Å². The first kappa shape index (κ1) is 20.1. The van der Waals surface area contributed by atoms with Crippen molar-refractivity contribution in [3.8, 4) is 5.69 Å². The van der Waals surface area contributed by atoms with Gasteiger partial charge < -0.3 is 5.32 Å². The van der Waals surface area contributed by atoms with Crippen molar-refractivity contribution in [2.24, 2.45) is 5.41 Å². The average Bonchev–Trinajstić information content (AvgIpc) is 2.69. The number of carbonyl (C=O) groups is 2. The van der Waals surface area contributed by atoms with E-state index in [-0.39, 0.29) is 16.8 Å². The Labute approximate surface area is 179 Å². The van der Waals surface area contributed by atoms with Crippen molar-refractivity contribution in [1.82, 2.24) is 4.57 Å². The van der Waals surface area contributed by atoms with E-state index in [1.807, 2.05) is 19.9 Å². The zero-order valence-corrected chi connectivity index (χ0v) is 17.5. The fourth-order valence-corrected chi connectivity index (χ4v) is 4.01. The third-order valence-electron chi connectivity index (χ3n) is 5.28. The predicted molar refractivity (Wildman–Crippen MR) is 118 cm³/mol. The highest BCUT2D eigenvalue weighted by atomic mass is 35.5. The first-order valence-corrected chi connectivity index (χ1v) is 10.1. The molecule has 2 aromatic carbocycles. The zero-order valence-electron chi connectivity index (χ0n) is 16.7. The fraction of sp³-hybridized carbons (Fsp3) is 0.208. The van der Waals surface area contributed by atoms with Crippen molar-refractivity contribution < 1.29 is 9.59 Å². The number of Topliss-reactive ketones (excluding diaryl/α,β-unsaturated/α-hetero) is 1. The Morgan fingerprint density at radius 1 is 1.00 bits per heavy atom. The molecule has 0 radical (unpaired) electrons. The summed E-state index contributed by atoms with van der Waals surface area (Å²) in [7, 11) is 0. The van der Waals surface area contributed by atoms with Crippen LogP contribution in [0.25, 0.3) is 5.69 Å². The average molecular weight is 421 g/mol. The number of anilines is 1. The molecule has 152 valence electrons. The van der Waals surface area contributed by atoms with Crippen LogP contribution < -0.4 is 10.9 Å². The maximum absolute atomic E-state index is 13.4. The van der Waals surface area contributed by atoms with Gasteiger partial charge in [-0.3, -0.25) is 19.0 Å². The van der Waals surface area contributed by atoms with Crippen LogP contribution in [0, 0.1) is 5.41 Å². The van der Waals surface area contributed by atoms with Crippen molar-refractivity contribution >= 4 is 29.0 Å². The van der Waals surface area contributed by atoms with Gasteiger partial charge in [-0.2, -0.15) is 0 Å². The SMILES string of the molecule is CC1(C)CC(=O)c2cn(-c3ccccc3)c(=O)c(C(=O)Nc3ccc(Cl)cc3)c2C1. The summed E-state index contributed by atoms with van der Waals surface area (Å²) < 4.78 is 1.38. The summed E-state index contributed by atoms with van der Waals surface area (Å²) in [5, 5.41) is 3.32. The smallest absolute Gasteiger partial charge is 0.268 e. The molecule has 5 nitrogen and oxygen atoms in total. The van der Waals surface area contributed by atoms with Crippen LogP contribution in [0.3, 0.4) is 0 Å². The maximum Gasteiger partial charge on any atom is 0.268 e. The molecule has 6 heteroatoms. The second-order valence-electron chi connectivity index (χ2n) is 8.31. The minimum atomic E-state index is -0.533. The van der Waals surface area contributed by atoms with Crippen molar-refractivity contribution in [3.05, 3.63) is 92.9 Å². The minimum absolute atomic E-state index is 0.00688. The standard InChI is InChI=1S/C24H21ClN2O3/c1-24(2)12-18-19(20(28)13-24)14-27(17-6-4-3-5-7-17)23(30)21(18)22(29)26-16-10-8-15(25)9-11-16/h3-11,14H,12-13H2,1-2H3,(H,26,29). The van der Waals surface area contributed by atoms with E-state index in [1.54, 1.807) is 54.7 Å². The Hall–Kier alpha value is -3.18. The second-order valence-corrected chi connectivity index (χ2v) is 8.75. The maximum atomic E-state index is 13.4. The van der Waals surface area contributed by atoms with Gasteiger partial charge >= 0.3 is 0 Å². The number of amides is 1. The van der Waals surface area contributed by atoms with Gasteiger partial charge in [0.2, 0.25) is 0 Å². The van der Waals surface area contributed by atoms with E-state index in [9.17, 15) is 14.4 Å². The van der Waals surface area contributed by atoms with Crippen LogP contribution in [0.2, 0.25) is 5.02 Å². The van der Waals surface area contributed by atoms with E-state index >= 15 is 0 Å². The summed E-state index contributed by atoms with van der Waals surface area (Å²) in [6, 6.07) is 15.6. The van der Waals surface area contributed by atoms with E-state index in [4.69, 9.17) is 11.6 Å². The van der Waals surface area contributed by atoms with Crippen LogP contribution >= 0.6 is 11.6 Å². The lowest BCUT2D eigenvalue weighted by atomic mass is 9.73. The molecule has 3 aromatic rings. The third kappa shape index (κ3) is 3.81. The van der Waals surface area contributed by atoms with Gasteiger partial charge in [0.05, 0.1) is 0 Å². The number of carbonyl (C=O) groups excluding carboxylic acids is 2. The van der Waals surface area contributed by atoms with E-state index in [0.29, 0.717) is 40.4 Å². The molecule has 0 fully saturated rings. The molecule has 1 heterocycles. The van der Waals surface area contributed by atoms with Crippen LogP contribution in [-0.4, -0.2) is 16.3 Å². The third-order valence-corrected chi connectivity index (χ3v) is 5.53. The second kappa shape index (κ2) is 7.58. The van der Waals surface area contributed by atoms with Crippen LogP contribution in [0.5, 0.6) is 0 Å². The van der Waals surface area contributed by atoms with Crippen LogP contribution in [0.15, 0.2) is 65.6 Å². The molecule has 1 aromatic heterocycles. The van der Waals surface area contributed by atoms with E-state index in [0.717, 1.165) is 0 Å². The Morgan fingerprint density at radius 3 is 2.33 bits per heavy atom. The van der Waals surface area contributed by atoms with Gasteiger partial charge in [0, 0.05) is 34.6 Å². The molecule has 0 unspecified atom stereocenters. The molecule has 0 atom stereocenters. The molecule has 0 bridgehead atoms. The largest absolute Gasteiger partial charge is 0.322 e. The lowest BCUT2D eigenvalue weighted by Gasteiger charge is -2.31. The molecule has 0 saturated heterocycles. The number of nitrogens with zero attached hydrogens (tertiary/aromatic N) is 1. The van der Waals surface area contributed by atoms with Gasteiger partial charge in [-0.05, 0) is 53.8 Å². The number of para-hydroxylation sites is 1. The van der Waals surface area contributed by atoms with E-state index in [1.165, 1.54) is 4.57 Å². The number of aromatic nitrogens is 1. The lowest BCUT2D eigenvalue weighted by Crippen LogP contribution is -2.37. The Morgan fingerprint density at radius 2 is 1.67 bits per heavy atom. The van der Waals surface area contributed by atoms with Crippen LogP contribution in [-0.2, 0) is 6.42 Å². The number of halogens is 1. The van der Waals surface area contributed by atoms with Gasteiger partial charge in [-0.25, -0.2) is 0 Å². The topological polar surface area (TPSA) is 68.2 Å². The van der Waals surface area contributed by atoms with Crippen molar-refractivity contribution in [2.45, 2.75) is 26.7 Å². The summed E-state index contributed by atoms with van der Waals surface area (Å²) in [4.78, 5) is 39.5. The molecule has 1 N–H and O–H groups in total. The molecule has 30 heavy (non-hydrogen) atoms. The number of nitrogens with one attached hydrogen (secondary N) is 1. The molecule has 4 rings (SSSR count). The highest BCUT2D eigenvalue weighted by Crippen LogP contribution is 2.36. The number of benzene rings is 2. The van der Waals surface area contributed by atoms with Crippen molar-refractivity contribution in [3.63, 3.8) is 0 Å². The number of fused-ring (bicyclic) bond motifs is 1. The number of rotatable bonds is 3. The van der Waals surface area contributed by atoms with Crippen molar-refractivity contribution in [2.75, 3.05) is 5.32 Å². The first-order valence-electron chi connectivity index (χ1n) is 9.69. The monoisotopic (exact) mass is 420 g/mol. The highest BCUT2D eigenvalue weighted by molar-refractivity contribution is 6.30. The van der Waals surface area contributed by atoms with Gasteiger partial charge in [-0.15, -0.1) is 0 Å². The first-order chi connectivity index (χ1) is 14.2. The van der Waals surface area contributed by atoms with Crippen LogP contribution in [0.4, 0.5) is 5.69 Å². The minimum Gasteiger partial charge on any atom is -0.322 e. The molecule has 0 saturated carbocycles.